The third-order valence-electron chi connectivity index (χ3n) is 4.04. The van der Waals surface area contributed by atoms with Gasteiger partial charge in [-0.15, -0.1) is 10.2 Å². The van der Waals surface area contributed by atoms with E-state index in [1.807, 2.05) is 46.6 Å². The van der Waals surface area contributed by atoms with Crippen molar-refractivity contribution >= 4 is 23.4 Å². The second-order valence-corrected chi connectivity index (χ2v) is 7.18. The van der Waals surface area contributed by atoms with E-state index in [2.05, 4.69) is 39.4 Å². The highest BCUT2D eigenvalue weighted by Crippen LogP contribution is 2.26. The van der Waals surface area contributed by atoms with E-state index in [0.29, 0.717) is 5.02 Å². The van der Waals surface area contributed by atoms with Gasteiger partial charge in [0.05, 0.1) is 6.33 Å². The number of hydrogen-bond acceptors (Lipinski definition) is 4. The van der Waals surface area contributed by atoms with Gasteiger partial charge in [-0.3, -0.25) is 0 Å². The fraction of sp³-hybridized carbons (Fsp3) is 0.105. The Kier molecular flexibility index (Phi) is 4.77. The normalized spacial score (nSPS) is 11.0. The van der Waals surface area contributed by atoms with Gasteiger partial charge in [0, 0.05) is 41.5 Å². The average molecular weight is 382 g/mol. The van der Waals surface area contributed by atoms with Gasteiger partial charge >= 0.3 is 0 Å². The van der Waals surface area contributed by atoms with E-state index in [9.17, 15) is 0 Å². The fourth-order valence-electron chi connectivity index (χ4n) is 2.61. The molecule has 0 atom stereocenters. The van der Waals surface area contributed by atoms with E-state index in [-0.39, 0.29) is 0 Å². The molecule has 0 unspecified atom stereocenters. The molecule has 26 heavy (non-hydrogen) atoms. The first-order chi connectivity index (χ1) is 12.7. The SMILES string of the molecule is Cn1c(SCc2ccc(-n3ccnc3)cc2)nnc1-c1ccc(Cl)cc1. The fourth-order valence-corrected chi connectivity index (χ4v) is 3.61. The van der Waals surface area contributed by atoms with Crippen molar-refractivity contribution in [3.8, 4) is 17.1 Å². The van der Waals surface area contributed by atoms with Gasteiger partial charge < -0.3 is 9.13 Å². The van der Waals surface area contributed by atoms with Crippen LogP contribution in [0.2, 0.25) is 5.02 Å². The van der Waals surface area contributed by atoms with Crippen LogP contribution in [0.15, 0.2) is 72.4 Å². The molecule has 0 aliphatic carbocycles. The van der Waals surface area contributed by atoms with Crippen LogP contribution >= 0.6 is 23.4 Å². The molecule has 130 valence electrons. The van der Waals surface area contributed by atoms with Crippen molar-refractivity contribution in [3.63, 3.8) is 0 Å². The second-order valence-electron chi connectivity index (χ2n) is 5.80. The number of rotatable bonds is 5. The first-order valence-corrected chi connectivity index (χ1v) is 9.42. The molecular formula is C19H16ClN5S. The number of thioether (sulfide) groups is 1. The van der Waals surface area contributed by atoms with Crippen LogP contribution in [0.4, 0.5) is 0 Å². The van der Waals surface area contributed by atoms with Crippen molar-refractivity contribution in [2.24, 2.45) is 7.05 Å². The standard InChI is InChI=1S/C19H16ClN5S/c1-24-18(15-4-6-16(20)7-5-15)22-23-19(24)26-12-14-2-8-17(9-3-14)25-11-10-21-13-25/h2-11,13H,12H2,1H3. The summed E-state index contributed by atoms with van der Waals surface area (Å²) in [6, 6.07) is 16.1. The number of hydrogen-bond donors (Lipinski definition) is 0. The predicted molar refractivity (Wildman–Crippen MR) is 105 cm³/mol. The molecule has 0 aliphatic rings. The van der Waals surface area contributed by atoms with Crippen molar-refractivity contribution in [2.45, 2.75) is 10.9 Å². The molecule has 0 radical (unpaired) electrons. The lowest BCUT2D eigenvalue weighted by atomic mass is 10.2. The van der Waals surface area contributed by atoms with Gasteiger partial charge in [0.25, 0.3) is 0 Å². The molecule has 2 aromatic carbocycles. The van der Waals surface area contributed by atoms with Gasteiger partial charge in [-0.25, -0.2) is 4.98 Å². The highest BCUT2D eigenvalue weighted by atomic mass is 35.5. The van der Waals surface area contributed by atoms with Crippen molar-refractivity contribution in [2.75, 3.05) is 0 Å². The molecule has 4 rings (SSSR count). The molecule has 0 saturated heterocycles. The molecule has 5 nitrogen and oxygen atoms in total. The Morgan fingerprint density at radius 3 is 2.46 bits per heavy atom. The van der Waals surface area contributed by atoms with E-state index < -0.39 is 0 Å². The van der Waals surface area contributed by atoms with Gasteiger partial charge in [-0.2, -0.15) is 0 Å². The molecule has 0 amide bonds. The molecule has 0 bridgehead atoms. The lowest BCUT2D eigenvalue weighted by Crippen LogP contribution is -1.95. The van der Waals surface area contributed by atoms with Gasteiger partial charge in [-0.05, 0) is 42.0 Å². The zero-order valence-electron chi connectivity index (χ0n) is 14.1. The predicted octanol–water partition coefficient (Wildman–Crippen LogP) is 4.61. The molecular weight excluding hydrogens is 366 g/mol. The molecule has 0 spiro atoms. The van der Waals surface area contributed by atoms with Gasteiger partial charge in [0.2, 0.25) is 0 Å². The van der Waals surface area contributed by atoms with E-state index in [0.717, 1.165) is 28.0 Å². The smallest absolute Gasteiger partial charge is 0.191 e. The molecule has 0 saturated carbocycles. The van der Waals surface area contributed by atoms with Crippen LogP contribution in [0.1, 0.15) is 5.56 Å². The highest BCUT2D eigenvalue weighted by Gasteiger charge is 2.11. The number of benzene rings is 2. The van der Waals surface area contributed by atoms with Crippen LogP contribution in [-0.2, 0) is 12.8 Å². The maximum absolute atomic E-state index is 5.95. The van der Waals surface area contributed by atoms with Crippen LogP contribution in [-0.4, -0.2) is 24.3 Å². The minimum Gasteiger partial charge on any atom is -0.306 e. The quantitative estimate of drug-likeness (QED) is 0.473. The minimum absolute atomic E-state index is 0.713. The van der Waals surface area contributed by atoms with E-state index in [1.165, 1.54) is 5.56 Å². The number of nitrogens with zero attached hydrogens (tertiary/aromatic N) is 5. The Balaban J connectivity index is 1.46. The van der Waals surface area contributed by atoms with Crippen molar-refractivity contribution in [1.82, 2.24) is 24.3 Å². The van der Waals surface area contributed by atoms with Gasteiger partial charge in [0.1, 0.15) is 0 Å². The second kappa shape index (κ2) is 7.35. The summed E-state index contributed by atoms with van der Waals surface area (Å²) >= 11 is 7.62. The van der Waals surface area contributed by atoms with Crippen LogP contribution in [0.25, 0.3) is 17.1 Å². The maximum atomic E-state index is 5.95. The third-order valence-corrected chi connectivity index (χ3v) is 5.39. The van der Waals surface area contributed by atoms with Crippen molar-refractivity contribution in [3.05, 3.63) is 77.8 Å². The van der Waals surface area contributed by atoms with E-state index in [1.54, 1.807) is 24.3 Å². The van der Waals surface area contributed by atoms with Crippen LogP contribution < -0.4 is 0 Å². The summed E-state index contributed by atoms with van der Waals surface area (Å²) in [6.07, 6.45) is 5.50. The number of imidazole rings is 1. The summed E-state index contributed by atoms with van der Waals surface area (Å²) in [5.74, 6) is 1.66. The first kappa shape index (κ1) is 16.9. The Labute approximate surface area is 160 Å². The van der Waals surface area contributed by atoms with E-state index in [4.69, 9.17) is 11.6 Å². The Hall–Kier alpha value is -2.57. The maximum Gasteiger partial charge on any atom is 0.191 e. The highest BCUT2D eigenvalue weighted by molar-refractivity contribution is 7.98. The molecule has 4 aromatic rings. The number of aromatic nitrogens is 5. The summed E-state index contributed by atoms with van der Waals surface area (Å²) in [5.41, 5.74) is 3.33. The molecule has 0 fully saturated rings. The summed E-state index contributed by atoms with van der Waals surface area (Å²) in [5, 5.41) is 10.2. The van der Waals surface area contributed by atoms with Crippen LogP contribution in [0, 0.1) is 0 Å². The zero-order valence-corrected chi connectivity index (χ0v) is 15.7. The molecule has 2 heterocycles. The third kappa shape index (κ3) is 3.52. The van der Waals surface area contributed by atoms with Gasteiger partial charge in [-0.1, -0.05) is 35.5 Å². The van der Waals surface area contributed by atoms with Gasteiger partial charge in [0.15, 0.2) is 11.0 Å². The molecule has 2 aromatic heterocycles. The van der Waals surface area contributed by atoms with Crippen LogP contribution in [0.5, 0.6) is 0 Å². The largest absolute Gasteiger partial charge is 0.306 e. The zero-order chi connectivity index (χ0) is 17.9. The minimum atomic E-state index is 0.713. The van der Waals surface area contributed by atoms with Crippen LogP contribution in [0.3, 0.4) is 0 Å². The topological polar surface area (TPSA) is 48.5 Å². The molecule has 0 N–H and O–H groups in total. The monoisotopic (exact) mass is 381 g/mol. The average Bonchev–Trinajstić information content (AvgIpc) is 3.32. The summed E-state index contributed by atoms with van der Waals surface area (Å²) in [6.45, 7) is 0. The first-order valence-electron chi connectivity index (χ1n) is 8.06. The summed E-state index contributed by atoms with van der Waals surface area (Å²) in [7, 11) is 1.98. The number of halogens is 1. The molecule has 0 aliphatic heterocycles. The lowest BCUT2D eigenvalue weighted by Gasteiger charge is -2.06. The Morgan fingerprint density at radius 2 is 1.77 bits per heavy atom. The van der Waals surface area contributed by atoms with Crippen molar-refractivity contribution < 1.29 is 0 Å². The Morgan fingerprint density at radius 1 is 1.00 bits per heavy atom. The Bertz CT molecular complexity index is 992. The lowest BCUT2D eigenvalue weighted by molar-refractivity contribution is 0.794. The van der Waals surface area contributed by atoms with E-state index >= 15 is 0 Å². The molecule has 7 heteroatoms. The van der Waals surface area contributed by atoms with Crippen molar-refractivity contribution in [1.29, 1.82) is 0 Å². The summed E-state index contributed by atoms with van der Waals surface area (Å²) in [4.78, 5) is 4.07. The summed E-state index contributed by atoms with van der Waals surface area (Å²) < 4.78 is 3.99.